The molecule has 1 aromatic heterocycles. The molecule has 3 aromatic rings. The third-order valence-electron chi connectivity index (χ3n) is 5.75. The van der Waals surface area contributed by atoms with Crippen LogP contribution in [0.2, 0.25) is 0 Å². The van der Waals surface area contributed by atoms with E-state index < -0.39 is 6.10 Å². The first-order valence-corrected chi connectivity index (χ1v) is 10.2. The summed E-state index contributed by atoms with van der Waals surface area (Å²) < 4.78 is 21.8. The molecule has 2 aromatic carbocycles. The Balaban J connectivity index is 1.48. The number of benzene rings is 2. The Labute approximate surface area is 180 Å². The van der Waals surface area contributed by atoms with Crippen LogP contribution in [0.3, 0.4) is 0 Å². The van der Waals surface area contributed by atoms with Gasteiger partial charge in [-0.15, -0.1) is 0 Å². The number of aryl methyl sites for hydroxylation is 1. The summed E-state index contributed by atoms with van der Waals surface area (Å²) in [6, 6.07) is 10.2. The van der Waals surface area contributed by atoms with Crippen LogP contribution in [0.5, 0.6) is 11.5 Å². The molecule has 0 spiro atoms. The van der Waals surface area contributed by atoms with Crippen molar-refractivity contribution in [3.8, 4) is 11.5 Å². The molecule has 31 heavy (non-hydrogen) atoms. The highest BCUT2D eigenvalue weighted by molar-refractivity contribution is 5.57. The third-order valence-corrected chi connectivity index (χ3v) is 5.75. The van der Waals surface area contributed by atoms with Gasteiger partial charge in [0.05, 0.1) is 12.8 Å². The van der Waals surface area contributed by atoms with Gasteiger partial charge < -0.3 is 24.4 Å². The SMILES string of the molecule is COc1cc(CN2CCN(c3c(F)cccc3[C@@H](O)c3nccn3C)CC2)ccc1O. The van der Waals surface area contributed by atoms with Gasteiger partial charge in [-0.3, -0.25) is 4.90 Å². The summed E-state index contributed by atoms with van der Waals surface area (Å²) in [5, 5.41) is 20.7. The van der Waals surface area contributed by atoms with E-state index in [1.807, 2.05) is 24.1 Å². The Morgan fingerprint density at radius 3 is 2.61 bits per heavy atom. The molecule has 0 saturated carbocycles. The second-order valence-corrected chi connectivity index (χ2v) is 7.75. The second kappa shape index (κ2) is 8.95. The topological polar surface area (TPSA) is 74.0 Å². The van der Waals surface area contributed by atoms with Gasteiger partial charge in [0.1, 0.15) is 17.7 Å². The first kappa shape index (κ1) is 21.1. The first-order chi connectivity index (χ1) is 15.0. The van der Waals surface area contributed by atoms with E-state index in [0.717, 1.165) is 18.7 Å². The number of halogens is 1. The number of aromatic nitrogens is 2. The van der Waals surface area contributed by atoms with Crippen LogP contribution in [-0.4, -0.2) is 58.0 Å². The maximum atomic E-state index is 14.9. The number of nitrogens with zero attached hydrogens (tertiary/aromatic N) is 4. The third kappa shape index (κ3) is 4.35. The standard InChI is InChI=1S/C23H27FN4O3/c1-26-9-8-25-23(26)22(30)17-4-3-5-18(24)21(17)28-12-10-27(11-13-28)15-16-6-7-19(29)20(14-16)31-2/h3-9,14,22,29-30H,10-13,15H2,1-2H3/t22-/m1/s1. The number of aliphatic hydroxyl groups is 1. The number of methoxy groups -OCH3 is 1. The number of para-hydroxylation sites is 1. The van der Waals surface area contributed by atoms with Crippen molar-refractivity contribution in [1.29, 1.82) is 0 Å². The Hall–Kier alpha value is -3.10. The van der Waals surface area contributed by atoms with Gasteiger partial charge in [-0.2, -0.15) is 0 Å². The van der Waals surface area contributed by atoms with Gasteiger partial charge in [0.2, 0.25) is 0 Å². The van der Waals surface area contributed by atoms with E-state index in [1.165, 1.54) is 13.2 Å². The van der Waals surface area contributed by atoms with Gasteiger partial charge in [0, 0.05) is 57.7 Å². The lowest BCUT2D eigenvalue weighted by atomic mass is 10.0. The van der Waals surface area contributed by atoms with Crippen LogP contribution in [0.25, 0.3) is 0 Å². The predicted octanol–water partition coefficient (Wildman–Crippen LogP) is 2.68. The summed E-state index contributed by atoms with van der Waals surface area (Å²) in [7, 11) is 3.34. The van der Waals surface area contributed by atoms with E-state index in [1.54, 1.807) is 35.2 Å². The number of phenolic OH excluding ortho intramolecular Hbond substituents is 1. The maximum absolute atomic E-state index is 14.9. The van der Waals surface area contributed by atoms with Crippen molar-refractivity contribution in [3.05, 3.63) is 71.6 Å². The number of anilines is 1. The normalized spacial score (nSPS) is 15.8. The molecule has 2 heterocycles. The fourth-order valence-corrected chi connectivity index (χ4v) is 4.07. The molecular weight excluding hydrogens is 399 g/mol. The fraction of sp³-hybridized carbons (Fsp3) is 0.348. The van der Waals surface area contributed by atoms with Gasteiger partial charge in [0.15, 0.2) is 11.5 Å². The molecule has 0 aliphatic carbocycles. The predicted molar refractivity (Wildman–Crippen MR) is 116 cm³/mol. The minimum Gasteiger partial charge on any atom is -0.504 e. The number of hydrogen-bond donors (Lipinski definition) is 2. The number of aromatic hydroxyl groups is 1. The Morgan fingerprint density at radius 1 is 1.16 bits per heavy atom. The summed E-state index contributed by atoms with van der Waals surface area (Å²) in [6.07, 6.45) is 2.37. The molecule has 1 aliphatic rings. The van der Waals surface area contributed by atoms with Gasteiger partial charge in [-0.1, -0.05) is 18.2 Å². The summed E-state index contributed by atoms with van der Waals surface area (Å²) >= 11 is 0. The van der Waals surface area contributed by atoms with Crippen molar-refractivity contribution < 1.29 is 19.3 Å². The van der Waals surface area contributed by atoms with Crippen molar-refractivity contribution in [2.45, 2.75) is 12.6 Å². The van der Waals surface area contributed by atoms with Gasteiger partial charge in [-0.25, -0.2) is 9.37 Å². The number of ether oxygens (including phenoxy) is 1. The monoisotopic (exact) mass is 426 g/mol. The lowest BCUT2D eigenvalue weighted by Gasteiger charge is -2.37. The summed E-state index contributed by atoms with van der Waals surface area (Å²) in [5.41, 5.74) is 2.00. The molecule has 1 aliphatic heterocycles. The van der Waals surface area contributed by atoms with E-state index in [-0.39, 0.29) is 11.6 Å². The fourth-order valence-electron chi connectivity index (χ4n) is 4.07. The number of hydrogen-bond acceptors (Lipinski definition) is 6. The largest absolute Gasteiger partial charge is 0.504 e. The Bertz CT molecular complexity index is 1050. The van der Waals surface area contributed by atoms with E-state index >= 15 is 0 Å². The zero-order valence-corrected chi connectivity index (χ0v) is 17.7. The first-order valence-electron chi connectivity index (χ1n) is 10.2. The minimum absolute atomic E-state index is 0.120. The Kier molecular flexibility index (Phi) is 6.11. The van der Waals surface area contributed by atoms with Crippen LogP contribution in [0.15, 0.2) is 48.8 Å². The van der Waals surface area contributed by atoms with Crippen molar-refractivity contribution in [2.24, 2.45) is 7.05 Å². The molecule has 1 atom stereocenters. The summed E-state index contributed by atoms with van der Waals surface area (Å²) in [6.45, 7) is 3.47. The van der Waals surface area contributed by atoms with Gasteiger partial charge in [-0.05, 0) is 23.8 Å². The number of piperazine rings is 1. The van der Waals surface area contributed by atoms with Gasteiger partial charge in [0.25, 0.3) is 0 Å². The lowest BCUT2D eigenvalue weighted by Crippen LogP contribution is -2.46. The molecule has 1 saturated heterocycles. The highest BCUT2D eigenvalue weighted by Gasteiger charge is 2.26. The summed E-state index contributed by atoms with van der Waals surface area (Å²) in [5.74, 6) is 0.707. The zero-order chi connectivity index (χ0) is 22.0. The van der Waals surface area contributed by atoms with Crippen LogP contribution < -0.4 is 9.64 Å². The van der Waals surface area contributed by atoms with Crippen molar-refractivity contribution in [1.82, 2.24) is 14.5 Å². The van der Waals surface area contributed by atoms with Crippen LogP contribution >= 0.6 is 0 Å². The van der Waals surface area contributed by atoms with Crippen molar-refractivity contribution in [3.63, 3.8) is 0 Å². The molecule has 0 unspecified atom stereocenters. The van der Waals surface area contributed by atoms with Crippen LogP contribution in [-0.2, 0) is 13.6 Å². The molecule has 0 amide bonds. The molecule has 0 bridgehead atoms. The van der Waals surface area contributed by atoms with E-state index in [4.69, 9.17) is 4.74 Å². The van der Waals surface area contributed by atoms with Crippen molar-refractivity contribution >= 4 is 5.69 Å². The molecule has 7 nitrogen and oxygen atoms in total. The van der Waals surface area contributed by atoms with Crippen molar-refractivity contribution in [2.75, 3.05) is 38.2 Å². The average Bonchev–Trinajstić information content (AvgIpc) is 3.21. The lowest BCUT2D eigenvalue weighted by molar-refractivity contribution is 0.205. The number of aliphatic hydroxyl groups excluding tert-OH is 1. The quantitative estimate of drug-likeness (QED) is 0.631. The highest BCUT2D eigenvalue weighted by Crippen LogP contribution is 2.33. The minimum atomic E-state index is -1.01. The second-order valence-electron chi connectivity index (χ2n) is 7.75. The highest BCUT2D eigenvalue weighted by atomic mass is 19.1. The molecule has 164 valence electrons. The van der Waals surface area contributed by atoms with Crippen LogP contribution in [0.1, 0.15) is 23.1 Å². The summed E-state index contributed by atoms with van der Waals surface area (Å²) in [4.78, 5) is 8.49. The molecular formula is C23H27FN4O3. The van der Waals surface area contributed by atoms with E-state index in [0.29, 0.717) is 42.5 Å². The maximum Gasteiger partial charge on any atom is 0.160 e. The number of phenols is 1. The molecule has 0 radical (unpaired) electrons. The smallest absolute Gasteiger partial charge is 0.160 e. The molecule has 1 fully saturated rings. The number of imidazole rings is 1. The Morgan fingerprint density at radius 2 is 1.94 bits per heavy atom. The molecule has 4 rings (SSSR count). The van der Waals surface area contributed by atoms with E-state index in [2.05, 4.69) is 9.88 Å². The molecule has 8 heteroatoms. The van der Waals surface area contributed by atoms with E-state index in [9.17, 15) is 14.6 Å². The average molecular weight is 426 g/mol. The zero-order valence-electron chi connectivity index (χ0n) is 17.7. The van der Waals surface area contributed by atoms with Crippen LogP contribution in [0, 0.1) is 5.82 Å². The van der Waals surface area contributed by atoms with Crippen LogP contribution in [0.4, 0.5) is 10.1 Å². The number of rotatable bonds is 6. The van der Waals surface area contributed by atoms with Gasteiger partial charge >= 0.3 is 0 Å². The molecule has 2 N–H and O–H groups in total.